The number of anilines is 1. The first-order valence-corrected chi connectivity index (χ1v) is 7.04. The third kappa shape index (κ3) is 1.83. The molecule has 3 heterocycles. The maximum absolute atomic E-state index is 12.7. The molecule has 3 aromatic rings. The van der Waals surface area contributed by atoms with E-state index in [-0.39, 0.29) is 27.7 Å². The van der Waals surface area contributed by atoms with Crippen molar-refractivity contribution in [2.45, 2.75) is 0 Å². The molecule has 0 fully saturated rings. The Balaban J connectivity index is 1.93. The molecule has 0 unspecified atom stereocenters. The number of amides is 2. The molecule has 0 radical (unpaired) electrons. The summed E-state index contributed by atoms with van der Waals surface area (Å²) in [7, 11) is 1.40. The van der Waals surface area contributed by atoms with E-state index in [0.29, 0.717) is 11.0 Å². The highest BCUT2D eigenvalue weighted by Gasteiger charge is 2.40. The van der Waals surface area contributed by atoms with Gasteiger partial charge >= 0.3 is 0 Å². The number of hydrogen-bond donors (Lipinski definition) is 1. The van der Waals surface area contributed by atoms with Gasteiger partial charge in [-0.05, 0) is 18.2 Å². The molecule has 0 aliphatic carbocycles. The van der Waals surface area contributed by atoms with E-state index in [1.54, 1.807) is 12.1 Å². The summed E-state index contributed by atoms with van der Waals surface area (Å²) in [6, 6.07) is 4.68. The molecule has 1 N–H and O–H groups in total. The third-order valence-corrected chi connectivity index (χ3v) is 3.99. The number of hydrogen-bond acceptors (Lipinski definition) is 5. The van der Waals surface area contributed by atoms with E-state index in [2.05, 4.69) is 15.0 Å². The van der Waals surface area contributed by atoms with Crippen molar-refractivity contribution in [2.75, 3.05) is 12.0 Å². The molecule has 1 aliphatic heterocycles. The lowest BCUT2D eigenvalue weighted by Crippen LogP contribution is -2.30. The number of nitrogens with zero attached hydrogens (tertiary/aromatic N) is 3. The second kappa shape index (κ2) is 4.79. The maximum Gasteiger partial charge on any atom is 0.266 e. The second-order valence-corrected chi connectivity index (χ2v) is 5.32. The lowest BCUT2D eigenvalue weighted by Gasteiger charge is -2.17. The van der Waals surface area contributed by atoms with Crippen LogP contribution < -0.4 is 9.64 Å². The molecule has 1 aliphatic rings. The fourth-order valence-corrected chi connectivity index (χ4v) is 2.86. The van der Waals surface area contributed by atoms with Crippen LogP contribution in [0, 0.1) is 0 Å². The van der Waals surface area contributed by atoms with E-state index in [1.165, 1.54) is 25.7 Å². The molecule has 1 aromatic carbocycles. The minimum Gasteiger partial charge on any atom is -0.479 e. The number of nitrogens with one attached hydrogen (secondary N) is 1. The van der Waals surface area contributed by atoms with Crippen LogP contribution in [0.2, 0.25) is 5.02 Å². The van der Waals surface area contributed by atoms with E-state index < -0.39 is 11.8 Å². The Morgan fingerprint density at radius 3 is 2.65 bits per heavy atom. The number of halogens is 1. The summed E-state index contributed by atoms with van der Waals surface area (Å²) in [4.78, 5) is 37.5. The number of ether oxygens (including phenoxy) is 1. The molecule has 8 heteroatoms. The van der Waals surface area contributed by atoms with E-state index in [4.69, 9.17) is 16.3 Å². The van der Waals surface area contributed by atoms with Gasteiger partial charge in [0.1, 0.15) is 5.69 Å². The van der Waals surface area contributed by atoms with Crippen molar-refractivity contribution < 1.29 is 14.3 Å². The molecule has 2 amide bonds. The van der Waals surface area contributed by atoms with Gasteiger partial charge in [-0.15, -0.1) is 0 Å². The number of H-pyrrole nitrogens is 1. The van der Waals surface area contributed by atoms with Crippen LogP contribution in [0.1, 0.15) is 20.7 Å². The number of benzene rings is 1. The van der Waals surface area contributed by atoms with Crippen LogP contribution in [0.15, 0.2) is 30.7 Å². The first kappa shape index (κ1) is 13.7. The smallest absolute Gasteiger partial charge is 0.266 e. The molecule has 0 bridgehead atoms. The van der Waals surface area contributed by atoms with Gasteiger partial charge in [0, 0.05) is 6.20 Å². The first-order chi connectivity index (χ1) is 11.1. The SMILES string of the molecule is COc1nccc(Cl)c1N1C(=O)c2cc3nc[nH]c3cc2C1=O. The van der Waals surface area contributed by atoms with Gasteiger partial charge in [0.15, 0.2) is 0 Å². The summed E-state index contributed by atoms with van der Waals surface area (Å²) in [5, 5.41) is 0.204. The van der Waals surface area contributed by atoms with Gasteiger partial charge in [0.25, 0.3) is 11.8 Å². The van der Waals surface area contributed by atoms with Crippen molar-refractivity contribution in [2.24, 2.45) is 0 Å². The number of aromatic nitrogens is 3. The van der Waals surface area contributed by atoms with Gasteiger partial charge < -0.3 is 9.72 Å². The molecule has 23 heavy (non-hydrogen) atoms. The highest BCUT2D eigenvalue weighted by molar-refractivity contribution is 6.40. The molecular weight excluding hydrogens is 320 g/mol. The highest BCUT2D eigenvalue weighted by atomic mass is 35.5. The summed E-state index contributed by atoms with van der Waals surface area (Å²) in [5.74, 6) is -0.853. The summed E-state index contributed by atoms with van der Waals surface area (Å²) in [5.41, 5.74) is 1.98. The molecule has 0 saturated heterocycles. The number of methoxy groups -OCH3 is 1. The number of carbonyl (C=O) groups is 2. The Morgan fingerprint density at radius 1 is 1.17 bits per heavy atom. The number of imide groups is 1. The van der Waals surface area contributed by atoms with Gasteiger partial charge in [-0.3, -0.25) is 9.59 Å². The summed E-state index contributed by atoms with van der Waals surface area (Å²) in [6.45, 7) is 0. The van der Waals surface area contributed by atoms with E-state index in [0.717, 1.165) is 4.90 Å². The number of rotatable bonds is 2. The molecular formula is C15H9ClN4O3. The van der Waals surface area contributed by atoms with Crippen LogP contribution >= 0.6 is 11.6 Å². The summed E-state index contributed by atoms with van der Waals surface area (Å²) in [6.07, 6.45) is 2.95. The van der Waals surface area contributed by atoms with Gasteiger partial charge in [-0.25, -0.2) is 14.9 Å². The molecule has 7 nitrogen and oxygen atoms in total. The van der Waals surface area contributed by atoms with Crippen molar-refractivity contribution in [3.05, 3.63) is 46.9 Å². The lowest BCUT2D eigenvalue weighted by atomic mass is 10.1. The highest BCUT2D eigenvalue weighted by Crippen LogP contribution is 2.39. The first-order valence-electron chi connectivity index (χ1n) is 6.66. The molecule has 0 atom stereocenters. The van der Waals surface area contributed by atoms with Crippen LogP contribution in [0.3, 0.4) is 0 Å². The average molecular weight is 329 g/mol. The molecule has 114 valence electrons. The zero-order valence-corrected chi connectivity index (χ0v) is 12.6. The van der Waals surface area contributed by atoms with Crippen molar-refractivity contribution >= 4 is 40.1 Å². The van der Waals surface area contributed by atoms with Gasteiger partial charge in [0.05, 0.1) is 40.6 Å². The molecule has 0 saturated carbocycles. The third-order valence-electron chi connectivity index (χ3n) is 3.68. The molecule has 0 spiro atoms. The number of pyridine rings is 1. The number of aromatic amines is 1. The van der Waals surface area contributed by atoms with Crippen molar-refractivity contribution in [1.82, 2.24) is 15.0 Å². The molecule has 4 rings (SSSR count). The van der Waals surface area contributed by atoms with Gasteiger partial charge in [-0.2, -0.15) is 0 Å². The van der Waals surface area contributed by atoms with E-state index in [1.807, 2.05) is 0 Å². The van der Waals surface area contributed by atoms with Crippen molar-refractivity contribution in [1.29, 1.82) is 0 Å². The normalized spacial score (nSPS) is 13.7. The Kier molecular flexibility index (Phi) is 2.85. The summed E-state index contributed by atoms with van der Waals surface area (Å²) < 4.78 is 5.14. The zero-order chi connectivity index (χ0) is 16.1. The van der Waals surface area contributed by atoms with Crippen LogP contribution in [-0.2, 0) is 0 Å². The van der Waals surface area contributed by atoms with Crippen LogP contribution in [-0.4, -0.2) is 33.9 Å². The molecule has 2 aromatic heterocycles. The Morgan fingerprint density at radius 2 is 1.91 bits per heavy atom. The van der Waals surface area contributed by atoms with Gasteiger partial charge in [-0.1, -0.05) is 11.6 Å². The van der Waals surface area contributed by atoms with Crippen molar-refractivity contribution in [3.8, 4) is 5.88 Å². The largest absolute Gasteiger partial charge is 0.479 e. The fourth-order valence-electron chi connectivity index (χ4n) is 2.64. The minimum atomic E-state index is -0.483. The second-order valence-electron chi connectivity index (χ2n) is 4.91. The predicted molar refractivity (Wildman–Crippen MR) is 83.0 cm³/mol. The number of fused-ring (bicyclic) bond motifs is 2. The Bertz CT molecular complexity index is 932. The predicted octanol–water partition coefficient (Wildman–Crippen LogP) is 2.42. The lowest BCUT2D eigenvalue weighted by molar-refractivity contribution is 0.0925. The fraction of sp³-hybridized carbons (Fsp3) is 0.0667. The average Bonchev–Trinajstić information content (AvgIpc) is 3.10. The standard InChI is InChI=1S/C15H9ClN4O3/c1-23-13-12(9(16)2-3-17-13)20-14(21)7-4-10-11(19-6-18-10)5-8(7)15(20)22/h2-6H,1H3,(H,18,19). The number of carbonyl (C=O) groups excluding carboxylic acids is 2. The van der Waals surface area contributed by atoms with E-state index >= 15 is 0 Å². The Labute approximate surface area is 134 Å². The summed E-state index contributed by atoms with van der Waals surface area (Å²) >= 11 is 6.16. The minimum absolute atomic E-state index is 0.107. The van der Waals surface area contributed by atoms with Crippen LogP contribution in [0.4, 0.5) is 5.69 Å². The monoisotopic (exact) mass is 328 g/mol. The Hall–Kier alpha value is -2.93. The van der Waals surface area contributed by atoms with E-state index in [9.17, 15) is 9.59 Å². The van der Waals surface area contributed by atoms with Crippen LogP contribution in [0.5, 0.6) is 5.88 Å². The quantitative estimate of drug-likeness (QED) is 0.730. The number of imidazole rings is 1. The zero-order valence-electron chi connectivity index (χ0n) is 11.8. The maximum atomic E-state index is 12.7. The van der Waals surface area contributed by atoms with Crippen molar-refractivity contribution in [3.63, 3.8) is 0 Å². The van der Waals surface area contributed by atoms with Crippen LogP contribution in [0.25, 0.3) is 11.0 Å². The van der Waals surface area contributed by atoms with Gasteiger partial charge in [0.2, 0.25) is 5.88 Å². The topological polar surface area (TPSA) is 88.2 Å².